The molecule has 0 saturated heterocycles. The van der Waals surface area contributed by atoms with Gasteiger partial charge in [0.15, 0.2) is 0 Å². The van der Waals surface area contributed by atoms with Crippen LogP contribution in [-0.4, -0.2) is 18.0 Å². The second kappa shape index (κ2) is 6.69. The van der Waals surface area contributed by atoms with E-state index in [0.29, 0.717) is 6.42 Å². The molecule has 22 heavy (non-hydrogen) atoms. The standard InChI is InChI=1S/C16H23F3N2O/c1-10(21-14(22)13(20)15(2,3)4)9-11-5-7-12(8-6-11)16(17,18)19/h5-8,10,13H,9,20H2,1-4H3,(H,21,22)/t10?,13-/m1/s1. The zero-order chi connectivity index (χ0) is 17.1. The van der Waals surface area contributed by atoms with Crippen LogP contribution in [0.1, 0.15) is 38.8 Å². The van der Waals surface area contributed by atoms with Crippen LogP contribution in [0, 0.1) is 5.41 Å². The van der Waals surface area contributed by atoms with Gasteiger partial charge >= 0.3 is 6.18 Å². The van der Waals surface area contributed by atoms with Gasteiger partial charge in [0.1, 0.15) is 0 Å². The molecule has 124 valence electrons. The molecule has 3 nitrogen and oxygen atoms in total. The lowest BCUT2D eigenvalue weighted by Gasteiger charge is -2.27. The predicted molar refractivity (Wildman–Crippen MR) is 80.2 cm³/mol. The number of amides is 1. The third kappa shape index (κ3) is 5.33. The Kier molecular flexibility index (Phi) is 5.62. The maximum absolute atomic E-state index is 12.5. The molecule has 0 aromatic heterocycles. The SMILES string of the molecule is CC(Cc1ccc(C(F)(F)F)cc1)NC(=O)[C@@H](N)C(C)(C)C. The fourth-order valence-electron chi connectivity index (χ4n) is 1.96. The average Bonchev–Trinajstić information content (AvgIpc) is 2.36. The Morgan fingerprint density at radius 3 is 2.09 bits per heavy atom. The van der Waals surface area contributed by atoms with Gasteiger partial charge in [0, 0.05) is 6.04 Å². The molecule has 3 N–H and O–H groups in total. The first-order valence-electron chi connectivity index (χ1n) is 7.13. The van der Waals surface area contributed by atoms with Crippen molar-refractivity contribution in [3.63, 3.8) is 0 Å². The monoisotopic (exact) mass is 316 g/mol. The highest BCUT2D eigenvalue weighted by Gasteiger charge is 2.30. The van der Waals surface area contributed by atoms with Gasteiger partial charge in [0.2, 0.25) is 5.91 Å². The summed E-state index contributed by atoms with van der Waals surface area (Å²) in [5.41, 5.74) is 5.57. The molecule has 0 bridgehead atoms. The molecular weight excluding hydrogens is 293 g/mol. The van der Waals surface area contributed by atoms with Crippen molar-refractivity contribution in [2.45, 2.75) is 52.4 Å². The number of hydrogen-bond acceptors (Lipinski definition) is 2. The lowest BCUT2D eigenvalue weighted by atomic mass is 9.87. The smallest absolute Gasteiger partial charge is 0.352 e. The molecule has 1 aromatic carbocycles. The van der Waals surface area contributed by atoms with Gasteiger partial charge in [0.25, 0.3) is 0 Å². The fourth-order valence-corrected chi connectivity index (χ4v) is 1.96. The van der Waals surface area contributed by atoms with Crippen LogP contribution in [0.15, 0.2) is 24.3 Å². The van der Waals surface area contributed by atoms with Gasteiger partial charge in [-0.2, -0.15) is 13.2 Å². The number of hydrogen-bond donors (Lipinski definition) is 2. The molecule has 0 spiro atoms. The minimum absolute atomic E-state index is 0.211. The number of benzene rings is 1. The van der Waals surface area contributed by atoms with E-state index in [1.54, 1.807) is 6.92 Å². The van der Waals surface area contributed by atoms with Crippen LogP contribution in [0.25, 0.3) is 0 Å². The fraction of sp³-hybridized carbons (Fsp3) is 0.562. The van der Waals surface area contributed by atoms with Crippen molar-refractivity contribution in [1.82, 2.24) is 5.32 Å². The van der Waals surface area contributed by atoms with Crippen molar-refractivity contribution in [1.29, 1.82) is 0 Å². The van der Waals surface area contributed by atoms with Crippen LogP contribution in [-0.2, 0) is 17.4 Å². The maximum Gasteiger partial charge on any atom is 0.416 e. The summed E-state index contributed by atoms with van der Waals surface area (Å²) in [6, 6.07) is 4.10. The van der Waals surface area contributed by atoms with Gasteiger partial charge < -0.3 is 11.1 Å². The number of halogens is 3. The van der Waals surface area contributed by atoms with Gasteiger partial charge in [0.05, 0.1) is 11.6 Å². The Morgan fingerprint density at radius 2 is 1.68 bits per heavy atom. The largest absolute Gasteiger partial charge is 0.416 e. The highest BCUT2D eigenvalue weighted by Crippen LogP contribution is 2.29. The molecule has 1 amide bonds. The van der Waals surface area contributed by atoms with Gasteiger partial charge in [-0.05, 0) is 36.5 Å². The number of carbonyl (C=O) groups excluding carboxylic acids is 1. The first kappa shape index (κ1) is 18.5. The van der Waals surface area contributed by atoms with Crippen LogP contribution >= 0.6 is 0 Å². The maximum atomic E-state index is 12.5. The lowest BCUT2D eigenvalue weighted by molar-refractivity contribution is -0.137. The Labute approximate surface area is 129 Å². The van der Waals surface area contributed by atoms with Gasteiger partial charge in [-0.15, -0.1) is 0 Å². The number of alkyl halides is 3. The summed E-state index contributed by atoms with van der Waals surface area (Å²) in [6.45, 7) is 7.41. The van der Waals surface area contributed by atoms with Crippen LogP contribution < -0.4 is 11.1 Å². The molecule has 0 aliphatic carbocycles. The highest BCUT2D eigenvalue weighted by molar-refractivity contribution is 5.82. The van der Waals surface area contributed by atoms with E-state index in [2.05, 4.69) is 5.32 Å². The summed E-state index contributed by atoms with van der Waals surface area (Å²) in [4.78, 5) is 12.0. The highest BCUT2D eigenvalue weighted by atomic mass is 19.4. The molecular formula is C16H23F3N2O. The van der Waals surface area contributed by atoms with Crippen molar-refractivity contribution in [3.8, 4) is 0 Å². The number of nitrogens with two attached hydrogens (primary N) is 1. The number of carbonyl (C=O) groups is 1. The summed E-state index contributed by atoms with van der Waals surface area (Å²) in [6.07, 6.45) is -3.89. The van der Waals surface area contributed by atoms with Gasteiger partial charge in [-0.3, -0.25) is 4.79 Å². The molecule has 6 heteroatoms. The molecule has 2 atom stereocenters. The minimum atomic E-state index is -4.34. The van der Waals surface area contributed by atoms with Gasteiger partial charge in [-0.25, -0.2) is 0 Å². The minimum Gasteiger partial charge on any atom is -0.352 e. The van der Waals surface area contributed by atoms with Crippen molar-refractivity contribution < 1.29 is 18.0 Å². The quantitative estimate of drug-likeness (QED) is 0.896. The van der Waals surface area contributed by atoms with Crippen LogP contribution in [0.4, 0.5) is 13.2 Å². The van der Waals surface area contributed by atoms with Crippen LogP contribution in [0.2, 0.25) is 0 Å². The third-order valence-corrected chi connectivity index (χ3v) is 3.43. The molecule has 0 fully saturated rings. The van der Waals surface area contributed by atoms with E-state index in [-0.39, 0.29) is 17.4 Å². The molecule has 1 unspecified atom stereocenters. The third-order valence-electron chi connectivity index (χ3n) is 3.43. The average molecular weight is 316 g/mol. The lowest BCUT2D eigenvalue weighted by Crippen LogP contribution is -2.51. The van der Waals surface area contributed by atoms with Crippen molar-refractivity contribution in [2.75, 3.05) is 0 Å². The Balaban J connectivity index is 2.62. The summed E-state index contributed by atoms with van der Waals surface area (Å²) < 4.78 is 37.5. The van der Waals surface area contributed by atoms with E-state index in [0.717, 1.165) is 17.7 Å². The van der Waals surface area contributed by atoms with E-state index in [1.807, 2.05) is 20.8 Å². The zero-order valence-electron chi connectivity index (χ0n) is 13.3. The Morgan fingerprint density at radius 1 is 1.18 bits per heavy atom. The Hall–Kier alpha value is -1.56. The van der Waals surface area contributed by atoms with Gasteiger partial charge in [-0.1, -0.05) is 32.9 Å². The van der Waals surface area contributed by atoms with Crippen LogP contribution in [0.3, 0.4) is 0 Å². The zero-order valence-corrected chi connectivity index (χ0v) is 13.3. The second-order valence-corrected chi connectivity index (χ2v) is 6.65. The first-order valence-corrected chi connectivity index (χ1v) is 7.13. The summed E-state index contributed by atoms with van der Waals surface area (Å²) >= 11 is 0. The molecule has 0 radical (unpaired) electrons. The molecule has 0 saturated carbocycles. The molecule has 0 aliphatic heterocycles. The normalized spacial score (nSPS) is 15.3. The van der Waals surface area contributed by atoms with Crippen LogP contribution in [0.5, 0.6) is 0 Å². The second-order valence-electron chi connectivity index (χ2n) is 6.65. The molecule has 1 aromatic rings. The summed E-state index contributed by atoms with van der Waals surface area (Å²) in [5, 5.41) is 2.79. The summed E-state index contributed by atoms with van der Waals surface area (Å²) in [5.74, 6) is -0.257. The van der Waals surface area contributed by atoms with Crippen molar-refractivity contribution in [3.05, 3.63) is 35.4 Å². The number of nitrogens with one attached hydrogen (secondary N) is 1. The summed E-state index contributed by atoms with van der Waals surface area (Å²) in [7, 11) is 0. The topological polar surface area (TPSA) is 55.1 Å². The Bertz CT molecular complexity index is 504. The molecule has 1 rings (SSSR count). The first-order chi connectivity index (χ1) is 9.91. The van der Waals surface area contributed by atoms with E-state index in [1.165, 1.54) is 12.1 Å². The number of rotatable bonds is 4. The van der Waals surface area contributed by atoms with Crippen molar-refractivity contribution >= 4 is 5.91 Å². The molecule has 0 heterocycles. The predicted octanol–water partition coefficient (Wildman–Crippen LogP) is 3.13. The molecule has 0 aliphatic rings. The van der Waals surface area contributed by atoms with Crippen molar-refractivity contribution in [2.24, 2.45) is 11.1 Å². The van der Waals surface area contributed by atoms with E-state index < -0.39 is 17.8 Å². The van der Waals surface area contributed by atoms with E-state index in [9.17, 15) is 18.0 Å². The van der Waals surface area contributed by atoms with E-state index >= 15 is 0 Å². The van der Waals surface area contributed by atoms with E-state index in [4.69, 9.17) is 5.73 Å².